The highest BCUT2D eigenvalue weighted by atomic mass is 35.5. The average molecular weight is 469 g/mol. The maximum Gasteiger partial charge on any atom is 0.187 e. The summed E-state index contributed by atoms with van der Waals surface area (Å²) < 4.78 is 0. The van der Waals surface area contributed by atoms with Gasteiger partial charge in [-0.2, -0.15) is 10.4 Å². The zero-order chi connectivity index (χ0) is 23.7. The lowest BCUT2D eigenvalue weighted by Gasteiger charge is -2.25. The second-order valence-electron chi connectivity index (χ2n) is 8.36. The van der Waals surface area contributed by atoms with Crippen LogP contribution >= 0.6 is 11.6 Å². The van der Waals surface area contributed by atoms with E-state index in [2.05, 4.69) is 49.8 Å². The molecule has 2 unspecified atom stereocenters. The third-order valence-corrected chi connectivity index (χ3v) is 6.51. The van der Waals surface area contributed by atoms with E-state index in [-0.39, 0.29) is 17.7 Å². The number of aromatic amines is 1. The number of hydrogen-bond acceptors (Lipinski definition) is 6. The minimum Gasteiger partial charge on any atom is -0.363 e. The predicted molar refractivity (Wildman–Crippen MR) is 131 cm³/mol. The first kappa shape index (κ1) is 21.8. The van der Waals surface area contributed by atoms with Crippen LogP contribution in [0.1, 0.15) is 40.5 Å². The third-order valence-electron chi connectivity index (χ3n) is 6.19. The summed E-state index contributed by atoms with van der Waals surface area (Å²) >= 11 is 6.44. The van der Waals surface area contributed by atoms with Crippen LogP contribution in [0.2, 0.25) is 5.02 Å². The second kappa shape index (κ2) is 9.08. The van der Waals surface area contributed by atoms with Crippen LogP contribution in [0.15, 0.2) is 60.4 Å². The normalized spacial score (nSPS) is 16.3. The Balaban J connectivity index is 1.57. The summed E-state index contributed by atoms with van der Waals surface area (Å²) in [5.41, 5.74) is 4.31. The first-order chi connectivity index (χ1) is 16.5. The number of carbonyl (C=O) groups is 1. The Labute approximate surface area is 201 Å². The monoisotopic (exact) mass is 468 g/mol. The van der Waals surface area contributed by atoms with Crippen LogP contribution in [0, 0.1) is 17.2 Å². The van der Waals surface area contributed by atoms with Gasteiger partial charge >= 0.3 is 0 Å². The second-order valence-corrected chi connectivity index (χ2v) is 8.77. The van der Waals surface area contributed by atoms with Crippen molar-refractivity contribution in [3.05, 3.63) is 87.8 Å². The highest BCUT2D eigenvalue weighted by Crippen LogP contribution is 2.36. The molecular weight excluding hydrogens is 448 g/mol. The number of nitrogens with zero attached hydrogens (tertiary/aromatic N) is 4. The Morgan fingerprint density at radius 2 is 2.03 bits per heavy atom. The van der Waals surface area contributed by atoms with Crippen LogP contribution in [0.5, 0.6) is 0 Å². The van der Waals surface area contributed by atoms with Gasteiger partial charge in [-0.15, -0.1) is 0 Å². The Kier molecular flexibility index (Phi) is 5.83. The van der Waals surface area contributed by atoms with E-state index in [1.807, 2.05) is 37.3 Å². The van der Waals surface area contributed by atoms with Gasteiger partial charge in [-0.1, -0.05) is 60.1 Å². The largest absolute Gasteiger partial charge is 0.363 e. The number of H-pyrrole nitrogens is 1. The summed E-state index contributed by atoms with van der Waals surface area (Å²) in [4.78, 5) is 21.8. The standard InChI is InChI=1S/C26H21ClN6O/c1-15(31-25-24-21(13-28)32-33-26(24)30-14-29-25)19-11-17-8-5-9-20(27)23(17)22(34)12-18(19)10-16-6-3-2-4-7-16/h2-9,11,14-15,18H,10,12H2,1H3,(H2,29,30,31,32,33). The van der Waals surface area contributed by atoms with Gasteiger partial charge < -0.3 is 5.32 Å². The zero-order valence-corrected chi connectivity index (χ0v) is 19.2. The maximum atomic E-state index is 13.3. The molecule has 2 atom stereocenters. The summed E-state index contributed by atoms with van der Waals surface area (Å²) in [6.07, 6.45) is 4.54. The summed E-state index contributed by atoms with van der Waals surface area (Å²) in [5.74, 6) is 0.507. The molecule has 8 heteroatoms. The van der Waals surface area contributed by atoms with Gasteiger partial charge in [-0.05, 0) is 42.0 Å². The third kappa shape index (κ3) is 4.04. The number of halogens is 1. The van der Waals surface area contributed by atoms with E-state index in [0.29, 0.717) is 46.0 Å². The highest BCUT2D eigenvalue weighted by molar-refractivity contribution is 6.34. The van der Waals surface area contributed by atoms with Gasteiger partial charge in [-0.3, -0.25) is 9.89 Å². The van der Waals surface area contributed by atoms with Crippen molar-refractivity contribution in [2.45, 2.75) is 25.8 Å². The fraction of sp³-hybridized carbons (Fsp3) is 0.192. The molecule has 4 aromatic rings. The van der Waals surface area contributed by atoms with E-state index < -0.39 is 0 Å². The lowest BCUT2D eigenvalue weighted by Crippen LogP contribution is -2.26. The molecule has 0 saturated carbocycles. The average Bonchev–Trinajstić information content (AvgIpc) is 3.21. The molecule has 7 nitrogen and oxygen atoms in total. The van der Waals surface area contributed by atoms with E-state index in [4.69, 9.17) is 11.6 Å². The van der Waals surface area contributed by atoms with Crippen LogP contribution in [-0.4, -0.2) is 32.0 Å². The van der Waals surface area contributed by atoms with E-state index >= 15 is 0 Å². The molecule has 1 aliphatic rings. The number of hydrogen-bond donors (Lipinski definition) is 2. The van der Waals surface area contributed by atoms with Crippen molar-refractivity contribution >= 4 is 40.3 Å². The van der Waals surface area contributed by atoms with Crippen molar-refractivity contribution in [2.75, 3.05) is 5.32 Å². The van der Waals surface area contributed by atoms with Crippen LogP contribution in [0.25, 0.3) is 17.1 Å². The number of Topliss-reactive ketones (excluding diaryl/α,β-unsaturated/α-hetero) is 1. The number of fused-ring (bicyclic) bond motifs is 2. The van der Waals surface area contributed by atoms with Crippen molar-refractivity contribution in [1.29, 1.82) is 5.26 Å². The summed E-state index contributed by atoms with van der Waals surface area (Å²) in [5, 5.41) is 20.7. The number of rotatable bonds is 5. The molecule has 0 spiro atoms. The van der Waals surface area contributed by atoms with Gasteiger partial charge in [0.2, 0.25) is 0 Å². The van der Waals surface area contributed by atoms with Crippen LogP contribution in [0.3, 0.4) is 0 Å². The van der Waals surface area contributed by atoms with Gasteiger partial charge in [0.1, 0.15) is 23.9 Å². The van der Waals surface area contributed by atoms with Gasteiger partial charge in [0.15, 0.2) is 11.4 Å². The molecule has 0 fully saturated rings. The molecule has 0 amide bonds. The molecule has 2 aromatic carbocycles. The van der Waals surface area contributed by atoms with Gasteiger partial charge in [0.05, 0.1) is 10.4 Å². The maximum absolute atomic E-state index is 13.3. The Bertz CT molecular complexity index is 1450. The minimum absolute atomic E-state index is 0.0333. The summed E-state index contributed by atoms with van der Waals surface area (Å²) in [7, 11) is 0. The zero-order valence-electron chi connectivity index (χ0n) is 18.4. The first-order valence-electron chi connectivity index (χ1n) is 11.0. The van der Waals surface area contributed by atoms with Crippen LogP contribution < -0.4 is 5.32 Å². The molecule has 168 valence electrons. The van der Waals surface area contributed by atoms with Gasteiger partial charge in [0, 0.05) is 18.0 Å². The number of benzene rings is 2. The Hall–Kier alpha value is -4.02. The van der Waals surface area contributed by atoms with Crippen molar-refractivity contribution in [3.8, 4) is 6.07 Å². The number of nitriles is 1. The molecule has 0 aliphatic heterocycles. The minimum atomic E-state index is -0.189. The highest BCUT2D eigenvalue weighted by Gasteiger charge is 2.29. The molecular formula is C26H21ClN6O. The lowest BCUT2D eigenvalue weighted by molar-refractivity contribution is 0.0968. The smallest absolute Gasteiger partial charge is 0.187 e. The molecule has 2 N–H and O–H groups in total. The number of carbonyl (C=O) groups excluding carboxylic acids is 1. The SMILES string of the molecule is CC(Nc1ncnc2n[nH]c(C#N)c12)C1=Cc2cccc(Cl)c2C(=O)CC1Cc1ccccc1. The van der Waals surface area contributed by atoms with E-state index in [1.54, 1.807) is 6.07 Å². The quantitative estimate of drug-likeness (QED) is 0.416. The Morgan fingerprint density at radius 1 is 1.21 bits per heavy atom. The molecule has 0 saturated heterocycles. The number of aromatic nitrogens is 4. The van der Waals surface area contributed by atoms with Crippen molar-refractivity contribution in [1.82, 2.24) is 20.2 Å². The summed E-state index contributed by atoms with van der Waals surface area (Å²) in [6.45, 7) is 2.03. The predicted octanol–water partition coefficient (Wildman–Crippen LogP) is 5.21. The summed E-state index contributed by atoms with van der Waals surface area (Å²) in [6, 6.07) is 17.6. The van der Waals surface area contributed by atoms with Crippen molar-refractivity contribution in [3.63, 3.8) is 0 Å². The van der Waals surface area contributed by atoms with E-state index in [1.165, 1.54) is 6.33 Å². The van der Waals surface area contributed by atoms with Gasteiger partial charge in [-0.25, -0.2) is 9.97 Å². The molecule has 0 bridgehead atoms. The molecule has 5 rings (SSSR count). The number of nitrogens with one attached hydrogen (secondary N) is 2. The van der Waals surface area contributed by atoms with Crippen molar-refractivity contribution in [2.24, 2.45) is 5.92 Å². The molecule has 34 heavy (non-hydrogen) atoms. The molecule has 2 heterocycles. The molecule has 1 aliphatic carbocycles. The van der Waals surface area contributed by atoms with Crippen LogP contribution in [-0.2, 0) is 6.42 Å². The van der Waals surface area contributed by atoms with E-state index in [0.717, 1.165) is 16.7 Å². The topological polar surface area (TPSA) is 107 Å². The lowest BCUT2D eigenvalue weighted by atomic mass is 9.85. The number of ketones is 1. The van der Waals surface area contributed by atoms with E-state index in [9.17, 15) is 10.1 Å². The Morgan fingerprint density at radius 3 is 2.82 bits per heavy atom. The van der Waals surface area contributed by atoms with Gasteiger partial charge in [0.25, 0.3) is 0 Å². The molecule has 0 radical (unpaired) electrons. The fourth-order valence-corrected chi connectivity index (χ4v) is 4.89. The number of anilines is 1. The molecule has 2 aromatic heterocycles. The van der Waals surface area contributed by atoms with Crippen LogP contribution in [0.4, 0.5) is 5.82 Å². The van der Waals surface area contributed by atoms with Crippen molar-refractivity contribution < 1.29 is 4.79 Å². The first-order valence-corrected chi connectivity index (χ1v) is 11.4. The fourth-order valence-electron chi connectivity index (χ4n) is 4.60.